The van der Waals surface area contributed by atoms with E-state index in [2.05, 4.69) is 15.6 Å². The van der Waals surface area contributed by atoms with Gasteiger partial charge in [-0.3, -0.25) is 29.1 Å². The molecule has 0 spiro atoms. The second-order valence-corrected chi connectivity index (χ2v) is 7.88. The highest BCUT2D eigenvalue weighted by Crippen LogP contribution is 2.21. The smallest absolute Gasteiger partial charge is 0.262 e. The Balaban J connectivity index is 0.000000235. The second-order valence-electron chi connectivity index (χ2n) is 7.88. The summed E-state index contributed by atoms with van der Waals surface area (Å²) in [7, 11) is 0. The lowest BCUT2D eigenvalue weighted by molar-refractivity contribution is -0.135. The van der Waals surface area contributed by atoms with Gasteiger partial charge in [-0.2, -0.15) is 0 Å². The van der Waals surface area contributed by atoms with Crippen LogP contribution in [0.4, 0.5) is 5.69 Å². The topological polar surface area (TPSA) is 136 Å². The van der Waals surface area contributed by atoms with Crippen molar-refractivity contribution in [3.63, 3.8) is 0 Å². The van der Waals surface area contributed by atoms with Gasteiger partial charge in [0.15, 0.2) is 0 Å². The van der Waals surface area contributed by atoms with E-state index in [0.717, 1.165) is 5.69 Å². The molecule has 2 heterocycles. The summed E-state index contributed by atoms with van der Waals surface area (Å²) in [4.78, 5) is 50.7. The van der Waals surface area contributed by atoms with Crippen molar-refractivity contribution in [1.29, 1.82) is 0 Å². The lowest BCUT2D eigenvalue weighted by Crippen LogP contribution is -2.45. The van der Waals surface area contributed by atoms with Crippen LogP contribution in [0.25, 0.3) is 10.9 Å². The highest BCUT2D eigenvalue weighted by atomic mass is 16.2. The Morgan fingerprint density at radius 2 is 1.91 bits per heavy atom. The number of hydrogen-bond acceptors (Lipinski definition) is 6. The Morgan fingerprint density at radius 1 is 1.15 bits per heavy atom. The molecule has 4 rings (SSSR count). The van der Waals surface area contributed by atoms with Crippen molar-refractivity contribution in [2.24, 2.45) is 5.73 Å². The number of nitrogens with zero attached hydrogens (tertiary/aromatic N) is 2. The molecular weight excluding hydrogens is 422 g/mol. The number of anilines is 1. The Labute approximate surface area is 191 Å². The minimum atomic E-state index is -0.715. The fourth-order valence-electron chi connectivity index (χ4n) is 3.79. The summed E-state index contributed by atoms with van der Waals surface area (Å²) in [6, 6.07) is 10.4. The molecule has 0 radical (unpaired) electrons. The third-order valence-corrected chi connectivity index (χ3v) is 5.67. The van der Waals surface area contributed by atoms with Gasteiger partial charge < -0.3 is 11.1 Å². The molecule has 1 saturated heterocycles. The highest BCUT2D eigenvalue weighted by Gasteiger charge is 2.30. The van der Waals surface area contributed by atoms with Crippen LogP contribution in [-0.2, 0) is 20.9 Å². The maximum Gasteiger partial charge on any atom is 0.262 e. The van der Waals surface area contributed by atoms with E-state index in [-0.39, 0.29) is 24.4 Å². The van der Waals surface area contributed by atoms with Gasteiger partial charge in [-0.05, 0) is 62.1 Å². The van der Waals surface area contributed by atoms with Crippen LogP contribution in [0.15, 0.2) is 41.2 Å². The first-order valence-electron chi connectivity index (χ1n) is 10.6. The fraction of sp³-hybridized carbons (Fsp3) is 0.292. The van der Waals surface area contributed by atoms with E-state index in [1.807, 2.05) is 32.0 Å². The Morgan fingerprint density at radius 3 is 2.55 bits per heavy atom. The molecule has 2 aromatic carbocycles. The van der Waals surface area contributed by atoms with Gasteiger partial charge in [0.05, 0.1) is 10.9 Å². The third kappa shape index (κ3) is 5.15. The number of piperidine rings is 1. The van der Waals surface area contributed by atoms with Crippen molar-refractivity contribution in [1.82, 2.24) is 14.9 Å². The Hall–Kier alpha value is -3.85. The number of imide groups is 1. The maximum absolute atomic E-state index is 12.9. The van der Waals surface area contributed by atoms with Gasteiger partial charge in [-0.15, -0.1) is 0 Å². The van der Waals surface area contributed by atoms with Crippen LogP contribution in [0.5, 0.6) is 0 Å². The summed E-state index contributed by atoms with van der Waals surface area (Å²) in [5.41, 5.74) is 9.94. The Kier molecular flexibility index (Phi) is 7.34. The van der Waals surface area contributed by atoms with Gasteiger partial charge in [0, 0.05) is 18.7 Å². The van der Waals surface area contributed by atoms with Gasteiger partial charge in [-0.1, -0.05) is 18.2 Å². The van der Waals surface area contributed by atoms with Crippen molar-refractivity contribution >= 4 is 34.8 Å². The fourth-order valence-corrected chi connectivity index (χ4v) is 3.79. The van der Waals surface area contributed by atoms with Crippen LogP contribution in [0.2, 0.25) is 0 Å². The number of rotatable bonds is 4. The summed E-state index contributed by atoms with van der Waals surface area (Å²) >= 11 is 0. The molecule has 3 amide bonds. The number of nitrogens with two attached hydrogens (primary N) is 1. The molecule has 4 N–H and O–H groups in total. The molecular formula is C24H27N5O4. The zero-order chi connectivity index (χ0) is 24.1. The van der Waals surface area contributed by atoms with E-state index in [4.69, 9.17) is 5.73 Å². The first-order valence-corrected chi connectivity index (χ1v) is 10.6. The minimum Gasteiger partial charge on any atom is -0.329 e. The van der Waals surface area contributed by atoms with Crippen LogP contribution in [0, 0.1) is 20.8 Å². The first kappa shape index (κ1) is 23.8. The SMILES string of the molecule is Cc1ccc(NC=O)cc1C.Cc1nc2cccc(CN)c2c(=O)n1C1CCC(=O)NC1=O. The Bertz CT molecular complexity index is 1280. The molecule has 1 aliphatic rings. The lowest BCUT2D eigenvalue weighted by Gasteiger charge is -2.24. The molecule has 3 aromatic rings. The summed E-state index contributed by atoms with van der Waals surface area (Å²) in [6.45, 7) is 5.96. The largest absolute Gasteiger partial charge is 0.329 e. The summed E-state index contributed by atoms with van der Waals surface area (Å²) in [5, 5.41) is 5.29. The third-order valence-electron chi connectivity index (χ3n) is 5.67. The zero-order valence-corrected chi connectivity index (χ0v) is 18.8. The van der Waals surface area contributed by atoms with Crippen molar-refractivity contribution in [3.05, 3.63) is 69.3 Å². The minimum absolute atomic E-state index is 0.207. The predicted octanol–water partition coefficient (Wildman–Crippen LogP) is 2.01. The zero-order valence-electron chi connectivity index (χ0n) is 18.8. The molecule has 1 unspecified atom stereocenters. The van der Waals surface area contributed by atoms with Gasteiger partial charge in [0.2, 0.25) is 18.2 Å². The normalized spacial score (nSPS) is 15.5. The molecule has 0 bridgehead atoms. The van der Waals surface area contributed by atoms with Gasteiger partial charge >= 0.3 is 0 Å². The molecule has 172 valence electrons. The van der Waals surface area contributed by atoms with E-state index in [0.29, 0.717) is 35.1 Å². The lowest BCUT2D eigenvalue weighted by atomic mass is 10.0. The molecule has 1 aliphatic heterocycles. The van der Waals surface area contributed by atoms with E-state index < -0.39 is 11.9 Å². The first-order chi connectivity index (χ1) is 15.8. The molecule has 0 aliphatic carbocycles. The monoisotopic (exact) mass is 449 g/mol. The quantitative estimate of drug-likeness (QED) is 0.412. The molecule has 1 fully saturated rings. The maximum atomic E-state index is 12.9. The molecule has 1 aromatic heterocycles. The van der Waals surface area contributed by atoms with Crippen molar-refractivity contribution in [3.8, 4) is 0 Å². The number of fused-ring (bicyclic) bond motifs is 1. The van der Waals surface area contributed by atoms with Crippen molar-refractivity contribution < 1.29 is 14.4 Å². The number of amides is 3. The highest BCUT2D eigenvalue weighted by molar-refractivity contribution is 5.99. The van der Waals surface area contributed by atoms with Gasteiger partial charge in [0.25, 0.3) is 5.56 Å². The van der Waals surface area contributed by atoms with E-state index in [9.17, 15) is 19.2 Å². The molecule has 9 nitrogen and oxygen atoms in total. The van der Waals surface area contributed by atoms with E-state index in [1.165, 1.54) is 15.7 Å². The van der Waals surface area contributed by atoms with Crippen LogP contribution < -0.4 is 21.9 Å². The van der Waals surface area contributed by atoms with Gasteiger partial charge in [-0.25, -0.2) is 4.98 Å². The summed E-state index contributed by atoms with van der Waals surface area (Å²) in [6.07, 6.45) is 1.19. The number of carbonyl (C=O) groups excluding carboxylic acids is 3. The number of aryl methyl sites for hydroxylation is 3. The summed E-state index contributed by atoms with van der Waals surface area (Å²) < 4.78 is 1.36. The molecule has 0 saturated carbocycles. The number of benzene rings is 2. The van der Waals surface area contributed by atoms with Crippen LogP contribution in [0.1, 0.15) is 41.4 Å². The van der Waals surface area contributed by atoms with Crippen LogP contribution >= 0.6 is 0 Å². The second kappa shape index (κ2) is 10.2. The van der Waals surface area contributed by atoms with Crippen molar-refractivity contribution in [2.45, 2.75) is 46.2 Å². The van der Waals surface area contributed by atoms with Crippen LogP contribution in [-0.4, -0.2) is 27.8 Å². The summed E-state index contributed by atoms with van der Waals surface area (Å²) in [5.74, 6) is -0.336. The average molecular weight is 450 g/mol. The standard InChI is InChI=1S/C15H16N4O3.C9H11NO/c1-8-17-10-4-2-3-9(7-16)13(10)15(22)19(8)11-5-6-12(20)18-14(11)21;1-7-3-4-9(10-6-11)5-8(7)2/h2-4,11H,5-7,16H2,1H3,(H,18,20,21);3-6H,1-2H3,(H,10,11). The number of carbonyl (C=O) groups is 3. The average Bonchev–Trinajstić information content (AvgIpc) is 2.78. The van der Waals surface area contributed by atoms with E-state index in [1.54, 1.807) is 25.1 Å². The molecule has 1 atom stereocenters. The van der Waals surface area contributed by atoms with E-state index >= 15 is 0 Å². The molecule has 9 heteroatoms. The van der Waals surface area contributed by atoms with Crippen LogP contribution in [0.3, 0.4) is 0 Å². The predicted molar refractivity (Wildman–Crippen MR) is 126 cm³/mol. The molecule has 33 heavy (non-hydrogen) atoms. The number of hydrogen-bond donors (Lipinski definition) is 3. The number of nitrogens with one attached hydrogen (secondary N) is 2. The number of aromatic nitrogens is 2. The van der Waals surface area contributed by atoms with Gasteiger partial charge in [0.1, 0.15) is 11.9 Å². The van der Waals surface area contributed by atoms with Crippen molar-refractivity contribution in [2.75, 3.05) is 5.32 Å².